The van der Waals surface area contributed by atoms with Crippen LogP contribution in [-0.4, -0.2) is 22.3 Å². The van der Waals surface area contributed by atoms with Crippen molar-refractivity contribution in [1.82, 2.24) is 10.2 Å². The van der Waals surface area contributed by atoms with E-state index >= 15 is 0 Å². The fourth-order valence-electron chi connectivity index (χ4n) is 3.34. The van der Waals surface area contributed by atoms with Gasteiger partial charge in [-0.15, -0.1) is 10.2 Å². The van der Waals surface area contributed by atoms with Crippen molar-refractivity contribution in [3.63, 3.8) is 0 Å². The summed E-state index contributed by atoms with van der Waals surface area (Å²) >= 11 is 6.37. The molecule has 0 amide bonds. The molecule has 0 saturated heterocycles. The Balaban J connectivity index is 1.94. The average molecular weight is 438 g/mol. The summed E-state index contributed by atoms with van der Waals surface area (Å²) < 4.78 is 11.6. The molecule has 6 nitrogen and oxygen atoms in total. The molecule has 3 aromatic rings. The van der Waals surface area contributed by atoms with Crippen LogP contribution < -0.4 is 0 Å². The molecule has 2 aromatic carbocycles. The maximum absolute atomic E-state index is 12.1. The van der Waals surface area contributed by atoms with Crippen LogP contribution >= 0.6 is 11.6 Å². The van der Waals surface area contributed by atoms with Crippen molar-refractivity contribution in [2.75, 3.05) is 0 Å². The zero-order chi connectivity index (χ0) is 22.4. The molecule has 0 spiro atoms. The predicted molar refractivity (Wildman–Crippen MR) is 119 cm³/mol. The minimum atomic E-state index is -0.484. The normalized spacial score (nSPS) is 12.7. The summed E-state index contributed by atoms with van der Waals surface area (Å²) in [5, 5.41) is 8.88. The van der Waals surface area contributed by atoms with Crippen molar-refractivity contribution in [1.29, 1.82) is 0 Å². The molecule has 0 aliphatic rings. The summed E-state index contributed by atoms with van der Waals surface area (Å²) in [4.78, 5) is 15.6. The van der Waals surface area contributed by atoms with Gasteiger partial charge in [0, 0.05) is 12.0 Å². The number of halogens is 1. The van der Waals surface area contributed by atoms with Gasteiger partial charge < -0.3 is 9.15 Å². The molecule has 0 N–H and O–H groups in total. The lowest BCUT2D eigenvalue weighted by Gasteiger charge is -2.22. The van der Waals surface area contributed by atoms with Crippen LogP contribution in [0.5, 0.6) is 0 Å². The van der Waals surface area contributed by atoms with Gasteiger partial charge in [-0.1, -0.05) is 48.9 Å². The van der Waals surface area contributed by atoms with Crippen molar-refractivity contribution >= 4 is 23.3 Å². The molecule has 160 valence electrons. The molecule has 1 heterocycles. The number of hydrogen-bond acceptors (Lipinski definition) is 5. The van der Waals surface area contributed by atoms with Crippen LogP contribution in [0.2, 0.25) is 5.02 Å². The first-order chi connectivity index (χ1) is 14.9. The second kappa shape index (κ2) is 10.2. The van der Waals surface area contributed by atoms with E-state index in [1.54, 1.807) is 6.07 Å². The number of rotatable bonds is 8. The molecule has 31 heavy (non-hydrogen) atoms. The lowest BCUT2D eigenvalue weighted by atomic mass is 9.92. The number of ether oxygens (including phenoxy) is 1. The van der Waals surface area contributed by atoms with Gasteiger partial charge in [0.25, 0.3) is 0 Å². The van der Waals surface area contributed by atoms with E-state index in [2.05, 4.69) is 15.0 Å². The van der Waals surface area contributed by atoms with E-state index < -0.39 is 6.10 Å². The SMILES string of the molecule is [C-]#[N+]c1ccc(C[C@@H](c2nnc(-c3ccccc3)o2)[C@H](C)OC(=O)CCC)c(C)c1Cl. The Hall–Kier alpha value is -3.17. The average Bonchev–Trinajstić information content (AvgIpc) is 3.25. The van der Waals surface area contributed by atoms with Gasteiger partial charge in [0.2, 0.25) is 17.5 Å². The van der Waals surface area contributed by atoms with Crippen molar-refractivity contribution in [2.45, 2.75) is 52.1 Å². The van der Waals surface area contributed by atoms with E-state index in [1.807, 2.05) is 57.2 Å². The third-order valence-electron chi connectivity index (χ3n) is 5.16. The van der Waals surface area contributed by atoms with Gasteiger partial charge in [0.15, 0.2) is 0 Å². The summed E-state index contributed by atoms with van der Waals surface area (Å²) in [7, 11) is 0. The van der Waals surface area contributed by atoms with Gasteiger partial charge in [0.1, 0.15) is 6.10 Å². The van der Waals surface area contributed by atoms with Crippen LogP contribution in [0.3, 0.4) is 0 Å². The molecule has 7 heteroatoms. The van der Waals surface area contributed by atoms with Gasteiger partial charge in [0.05, 0.1) is 17.5 Å². The highest BCUT2D eigenvalue weighted by Gasteiger charge is 2.29. The Morgan fingerprint density at radius 3 is 2.65 bits per heavy atom. The summed E-state index contributed by atoms with van der Waals surface area (Å²) in [6.07, 6.45) is 1.05. The zero-order valence-electron chi connectivity index (χ0n) is 17.8. The minimum Gasteiger partial charge on any atom is -0.462 e. The molecular weight excluding hydrogens is 414 g/mol. The fraction of sp³-hybridized carbons (Fsp3) is 0.333. The highest BCUT2D eigenvalue weighted by atomic mass is 35.5. The fourth-order valence-corrected chi connectivity index (χ4v) is 3.57. The summed E-state index contributed by atoms with van der Waals surface area (Å²) in [5.41, 5.74) is 2.97. The molecule has 0 radical (unpaired) electrons. The van der Waals surface area contributed by atoms with Gasteiger partial charge in [-0.05, 0) is 49.9 Å². The molecule has 2 atom stereocenters. The summed E-state index contributed by atoms with van der Waals surface area (Å²) in [6, 6.07) is 13.1. The van der Waals surface area contributed by atoms with E-state index in [9.17, 15) is 4.79 Å². The van der Waals surface area contributed by atoms with Crippen molar-refractivity contribution in [2.24, 2.45) is 0 Å². The quantitative estimate of drug-likeness (QED) is 0.305. The maximum atomic E-state index is 12.1. The number of esters is 1. The van der Waals surface area contributed by atoms with Crippen molar-refractivity contribution in [3.05, 3.63) is 75.9 Å². The maximum Gasteiger partial charge on any atom is 0.306 e. The number of nitrogens with zero attached hydrogens (tertiary/aromatic N) is 3. The molecule has 0 aliphatic heterocycles. The molecular formula is C24H24ClN3O3. The summed E-state index contributed by atoms with van der Waals surface area (Å²) in [6.45, 7) is 12.9. The largest absolute Gasteiger partial charge is 0.462 e. The Labute approximate surface area is 187 Å². The van der Waals surface area contributed by atoms with E-state index in [0.717, 1.165) is 16.7 Å². The van der Waals surface area contributed by atoms with Gasteiger partial charge >= 0.3 is 5.97 Å². The minimum absolute atomic E-state index is 0.263. The molecule has 0 unspecified atom stereocenters. The molecule has 1 aromatic heterocycles. The Bertz CT molecular complexity index is 1090. The van der Waals surface area contributed by atoms with E-state index in [4.69, 9.17) is 27.3 Å². The number of carbonyl (C=O) groups is 1. The van der Waals surface area contributed by atoms with E-state index in [0.29, 0.717) is 41.8 Å². The zero-order valence-corrected chi connectivity index (χ0v) is 18.5. The van der Waals surface area contributed by atoms with Crippen LogP contribution in [-0.2, 0) is 16.0 Å². The second-order valence-electron chi connectivity index (χ2n) is 7.36. The third-order valence-corrected chi connectivity index (χ3v) is 5.63. The number of hydrogen-bond donors (Lipinski definition) is 0. The van der Waals surface area contributed by atoms with Crippen LogP contribution in [0, 0.1) is 13.5 Å². The standard InChI is InChI=1S/C24H24ClN3O3/c1-5-9-21(29)30-16(3)19(14-18-12-13-20(26-4)22(25)15(18)2)24-28-27-23(31-24)17-10-7-6-8-11-17/h6-8,10-13,16,19H,5,9,14H2,1-3H3/t16-,19+/m0/s1. The van der Waals surface area contributed by atoms with E-state index in [-0.39, 0.29) is 11.9 Å². The highest BCUT2D eigenvalue weighted by molar-refractivity contribution is 6.34. The number of benzene rings is 2. The molecule has 0 saturated carbocycles. The molecule has 0 bridgehead atoms. The van der Waals surface area contributed by atoms with Gasteiger partial charge in [-0.25, -0.2) is 4.85 Å². The number of carbonyl (C=O) groups excluding carboxylic acids is 1. The van der Waals surface area contributed by atoms with Crippen LogP contribution in [0.15, 0.2) is 46.9 Å². The van der Waals surface area contributed by atoms with Gasteiger partial charge in [-0.3, -0.25) is 4.79 Å². The number of aromatic nitrogens is 2. The molecule has 0 aliphatic carbocycles. The Morgan fingerprint density at radius 1 is 1.23 bits per heavy atom. The van der Waals surface area contributed by atoms with Crippen LogP contribution in [0.25, 0.3) is 16.3 Å². The first-order valence-corrected chi connectivity index (χ1v) is 10.6. The first kappa shape index (κ1) is 22.5. The van der Waals surface area contributed by atoms with Crippen LogP contribution in [0.1, 0.15) is 49.6 Å². The Kier molecular flexibility index (Phi) is 7.43. The lowest BCUT2D eigenvalue weighted by Crippen LogP contribution is -2.25. The second-order valence-corrected chi connectivity index (χ2v) is 7.74. The Morgan fingerprint density at radius 2 is 1.97 bits per heavy atom. The molecule has 3 rings (SSSR count). The van der Waals surface area contributed by atoms with Gasteiger partial charge in [-0.2, -0.15) is 0 Å². The van der Waals surface area contributed by atoms with E-state index in [1.165, 1.54) is 0 Å². The predicted octanol–water partition coefficient (Wildman–Crippen LogP) is 6.31. The third kappa shape index (κ3) is 5.31. The van der Waals surface area contributed by atoms with Crippen LogP contribution in [0.4, 0.5) is 5.69 Å². The monoisotopic (exact) mass is 437 g/mol. The lowest BCUT2D eigenvalue weighted by molar-refractivity contribution is -0.149. The first-order valence-electron chi connectivity index (χ1n) is 10.2. The van der Waals surface area contributed by atoms with Crippen molar-refractivity contribution < 1.29 is 13.9 Å². The summed E-state index contributed by atoms with van der Waals surface area (Å²) in [5.74, 6) is 0.173. The molecule has 0 fully saturated rings. The topological polar surface area (TPSA) is 69.6 Å². The highest BCUT2D eigenvalue weighted by Crippen LogP contribution is 2.35. The smallest absolute Gasteiger partial charge is 0.306 e. The van der Waals surface area contributed by atoms with Crippen molar-refractivity contribution in [3.8, 4) is 11.5 Å².